The van der Waals surface area contributed by atoms with Crippen molar-refractivity contribution in [3.8, 4) is 0 Å². The summed E-state index contributed by atoms with van der Waals surface area (Å²) in [5, 5.41) is 11.4. The zero-order valence-electron chi connectivity index (χ0n) is 10.7. The van der Waals surface area contributed by atoms with E-state index in [9.17, 15) is 4.79 Å². The van der Waals surface area contributed by atoms with Gasteiger partial charge in [-0.05, 0) is 40.8 Å². The van der Waals surface area contributed by atoms with Gasteiger partial charge in [-0.2, -0.15) is 0 Å². The van der Waals surface area contributed by atoms with Gasteiger partial charge in [0.2, 0.25) is 0 Å². The minimum absolute atomic E-state index is 0.163. The molecule has 0 aromatic heterocycles. The first-order valence-electron chi connectivity index (χ1n) is 5.61. The molecule has 0 aliphatic rings. The third kappa shape index (κ3) is 9.73. The number of aliphatic hydroxyl groups is 1. The molecule has 1 amide bonds. The molecule has 5 heteroatoms. The molecule has 2 N–H and O–H groups in total. The molecule has 5 nitrogen and oxygen atoms in total. The number of carbonyl (C=O) groups is 1. The summed E-state index contributed by atoms with van der Waals surface area (Å²) in [4.78, 5) is 13.3. The molecule has 0 aliphatic carbocycles. The summed E-state index contributed by atoms with van der Waals surface area (Å²) in [7, 11) is 1.93. The van der Waals surface area contributed by atoms with Crippen LogP contribution < -0.4 is 5.32 Å². The first-order chi connectivity index (χ1) is 7.35. The van der Waals surface area contributed by atoms with E-state index in [4.69, 9.17) is 9.84 Å². The van der Waals surface area contributed by atoms with E-state index in [1.54, 1.807) is 0 Å². The van der Waals surface area contributed by atoms with Crippen molar-refractivity contribution in [2.45, 2.75) is 32.8 Å². The third-order valence-electron chi connectivity index (χ3n) is 1.87. The Labute approximate surface area is 97.8 Å². The molecule has 0 atom stereocenters. The summed E-state index contributed by atoms with van der Waals surface area (Å²) in [5.41, 5.74) is -0.447. The molecule has 0 radical (unpaired) electrons. The van der Waals surface area contributed by atoms with Gasteiger partial charge in [0.1, 0.15) is 5.60 Å². The fourth-order valence-corrected chi connectivity index (χ4v) is 1.14. The van der Waals surface area contributed by atoms with Crippen LogP contribution in [0.2, 0.25) is 0 Å². The van der Waals surface area contributed by atoms with Crippen molar-refractivity contribution in [1.82, 2.24) is 10.2 Å². The fourth-order valence-electron chi connectivity index (χ4n) is 1.14. The van der Waals surface area contributed by atoms with Crippen LogP contribution in [-0.4, -0.2) is 55.0 Å². The lowest BCUT2D eigenvalue weighted by atomic mass is 10.2. The highest BCUT2D eigenvalue weighted by atomic mass is 16.6. The van der Waals surface area contributed by atoms with E-state index in [1.165, 1.54) is 0 Å². The molecular formula is C11H24N2O3. The monoisotopic (exact) mass is 232 g/mol. The number of likely N-dealkylation sites (N-methyl/N-ethyl adjacent to an activating group) is 1. The van der Waals surface area contributed by atoms with Gasteiger partial charge in [-0.25, -0.2) is 4.79 Å². The average Bonchev–Trinajstić information content (AvgIpc) is 2.10. The number of carbonyl (C=O) groups excluding carboxylic acids is 1. The second-order valence-corrected chi connectivity index (χ2v) is 4.81. The molecular weight excluding hydrogens is 208 g/mol. The van der Waals surface area contributed by atoms with Crippen molar-refractivity contribution in [2.75, 3.05) is 33.3 Å². The van der Waals surface area contributed by atoms with Crippen LogP contribution in [-0.2, 0) is 4.74 Å². The summed E-state index contributed by atoms with van der Waals surface area (Å²) >= 11 is 0. The smallest absolute Gasteiger partial charge is 0.407 e. The number of aliphatic hydroxyl groups excluding tert-OH is 1. The molecule has 0 saturated heterocycles. The largest absolute Gasteiger partial charge is 0.444 e. The van der Waals surface area contributed by atoms with Crippen LogP contribution in [0.25, 0.3) is 0 Å². The maximum Gasteiger partial charge on any atom is 0.407 e. The van der Waals surface area contributed by atoms with Crippen LogP contribution in [0.1, 0.15) is 27.2 Å². The van der Waals surface area contributed by atoms with Gasteiger partial charge < -0.3 is 20.1 Å². The van der Waals surface area contributed by atoms with Gasteiger partial charge in [0.05, 0.1) is 6.61 Å². The van der Waals surface area contributed by atoms with Crippen LogP contribution in [0.4, 0.5) is 4.79 Å². The summed E-state index contributed by atoms with van der Waals surface area (Å²) in [6.45, 7) is 7.76. The van der Waals surface area contributed by atoms with Crippen molar-refractivity contribution >= 4 is 6.09 Å². The van der Waals surface area contributed by atoms with Crippen LogP contribution in [0, 0.1) is 0 Å². The van der Waals surface area contributed by atoms with E-state index >= 15 is 0 Å². The molecule has 0 fully saturated rings. The molecule has 0 rings (SSSR count). The van der Waals surface area contributed by atoms with Gasteiger partial charge in [0, 0.05) is 13.1 Å². The number of ether oxygens (including phenoxy) is 1. The SMILES string of the molecule is CN(CCO)CCCNC(=O)OC(C)(C)C. The number of rotatable bonds is 6. The van der Waals surface area contributed by atoms with Gasteiger partial charge in [0.15, 0.2) is 0 Å². The zero-order valence-corrected chi connectivity index (χ0v) is 10.7. The minimum Gasteiger partial charge on any atom is -0.444 e. The molecule has 0 aromatic rings. The molecule has 0 aromatic carbocycles. The first kappa shape index (κ1) is 15.2. The van der Waals surface area contributed by atoms with Crippen molar-refractivity contribution in [3.05, 3.63) is 0 Å². The zero-order chi connectivity index (χ0) is 12.6. The molecule has 96 valence electrons. The molecule has 0 saturated carbocycles. The summed E-state index contributed by atoms with van der Waals surface area (Å²) in [5.74, 6) is 0. The number of nitrogens with one attached hydrogen (secondary N) is 1. The van der Waals surface area contributed by atoms with Crippen molar-refractivity contribution in [1.29, 1.82) is 0 Å². The minimum atomic E-state index is -0.447. The maximum atomic E-state index is 11.2. The molecule has 0 bridgehead atoms. The highest BCUT2D eigenvalue weighted by Gasteiger charge is 2.15. The lowest BCUT2D eigenvalue weighted by Crippen LogP contribution is -2.34. The summed E-state index contributed by atoms with van der Waals surface area (Å²) in [6.07, 6.45) is 0.466. The van der Waals surface area contributed by atoms with Gasteiger partial charge in [-0.1, -0.05) is 0 Å². The Morgan fingerprint density at radius 3 is 2.50 bits per heavy atom. The van der Waals surface area contributed by atoms with E-state index in [0.717, 1.165) is 13.0 Å². The van der Waals surface area contributed by atoms with Crippen molar-refractivity contribution in [3.63, 3.8) is 0 Å². The number of alkyl carbamates (subject to hydrolysis) is 1. The van der Waals surface area contributed by atoms with Gasteiger partial charge in [0.25, 0.3) is 0 Å². The van der Waals surface area contributed by atoms with Crippen LogP contribution >= 0.6 is 0 Å². The van der Waals surface area contributed by atoms with Crippen molar-refractivity contribution < 1.29 is 14.6 Å². The second kappa shape index (κ2) is 7.46. The molecule has 0 aliphatic heterocycles. The first-order valence-corrected chi connectivity index (χ1v) is 5.61. The standard InChI is InChI=1S/C11H24N2O3/c1-11(2,3)16-10(15)12-6-5-7-13(4)8-9-14/h14H,5-9H2,1-4H3,(H,12,15). The average molecular weight is 232 g/mol. The van der Waals surface area contributed by atoms with Crippen LogP contribution in [0.5, 0.6) is 0 Å². The van der Waals surface area contributed by atoms with Crippen molar-refractivity contribution in [2.24, 2.45) is 0 Å². The molecule has 0 unspecified atom stereocenters. The Balaban J connectivity index is 3.48. The predicted octanol–water partition coefficient (Wildman–Crippen LogP) is 0.825. The molecule has 16 heavy (non-hydrogen) atoms. The highest BCUT2D eigenvalue weighted by Crippen LogP contribution is 2.06. The predicted molar refractivity (Wildman–Crippen MR) is 63.4 cm³/mol. The topological polar surface area (TPSA) is 61.8 Å². The number of hydrogen-bond donors (Lipinski definition) is 2. The number of hydrogen-bond acceptors (Lipinski definition) is 4. The Hall–Kier alpha value is -0.810. The fraction of sp³-hybridized carbons (Fsp3) is 0.909. The Morgan fingerprint density at radius 1 is 1.38 bits per heavy atom. The molecule has 0 spiro atoms. The van der Waals surface area contributed by atoms with Gasteiger partial charge in [-0.15, -0.1) is 0 Å². The molecule has 0 heterocycles. The quantitative estimate of drug-likeness (QED) is 0.666. The summed E-state index contributed by atoms with van der Waals surface area (Å²) < 4.78 is 5.09. The Kier molecular flexibility index (Phi) is 7.08. The van der Waals surface area contributed by atoms with E-state index < -0.39 is 5.60 Å². The third-order valence-corrected chi connectivity index (χ3v) is 1.87. The lowest BCUT2D eigenvalue weighted by Gasteiger charge is -2.20. The second-order valence-electron chi connectivity index (χ2n) is 4.81. The normalized spacial score (nSPS) is 11.6. The highest BCUT2D eigenvalue weighted by molar-refractivity contribution is 5.67. The number of amides is 1. The lowest BCUT2D eigenvalue weighted by molar-refractivity contribution is 0.0525. The van der Waals surface area contributed by atoms with Gasteiger partial charge >= 0.3 is 6.09 Å². The van der Waals surface area contributed by atoms with E-state index in [2.05, 4.69) is 5.32 Å². The van der Waals surface area contributed by atoms with Gasteiger partial charge in [-0.3, -0.25) is 0 Å². The summed E-state index contributed by atoms with van der Waals surface area (Å²) in [6, 6.07) is 0. The number of nitrogens with zero attached hydrogens (tertiary/aromatic N) is 1. The Morgan fingerprint density at radius 2 is 2.00 bits per heavy atom. The van der Waals surface area contributed by atoms with Crippen LogP contribution in [0.15, 0.2) is 0 Å². The maximum absolute atomic E-state index is 11.2. The van der Waals surface area contributed by atoms with E-state index in [0.29, 0.717) is 13.1 Å². The Bertz CT molecular complexity index is 202. The van der Waals surface area contributed by atoms with E-state index in [1.807, 2.05) is 32.7 Å². The van der Waals surface area contributed by atoms with Crippen LogP contribution in [0.3, 0.4) is 0 Å². The van der Waals surface area contributed by atoms with E-state index in [-0.39, 0.29) is 12.7 Å².